The van der Waals surface area contributed by atoms with Crippen LogP contribution < -0.4 is 0 Å². The molecule has 6 heteroatoms. The van der Waals surface area contributed by atoms with Crippen molar-refractivity contribution in [1.29, 1.82) is 0 Å². The molecule has 2 aromatic heterocycles. The Balaban J connectivity index is 2.15. The van der Waals surface area contributed by atoms with Crippen molar-refractivity contribution in [3.63, 3.8) is 0 Å². The van der Waals surface area contributed by atoms with Gasteiger partial charge < -0.3 is 4.40 Å². The van der Waals surface area contributed by atoms with Gasteiger partial charge in [-0.2, -0.15) is 4.39 Å². The molecule has 0 unspecified atom stereocenters. The van der Waals surface area contributed by atoms with Crippen molar-refractivity contribution in [3.05, 3.63) is 64.2 Å². The second-order valence-corrected chi connectivity index (χ2v) is 4.52. The van der Waals surface area contributed by atoms with Crippen LogP contribution in [0.15, 0.2) is 42.7 Å². The lowest BCUT2D eigenvalue weighted by Gasteiger charge is -1.97. The molecule has 3 rings (SSSR count). The van der Waals surface area contributed by atoms with E-state index in [4.69, 9.17) is 0 Å². The third-order valence-corrected chi connectivity index (χ3v) is 3.04. The first-order valence-corrected chi connectivity index (χ1v) is 5.94. The fraction of sp³-hybridized carbons (Fsp3) is 0.0714. The standard InChI is InChI=1S/C14H10FN3O2/c1-9-2-5-14-16-12(8-17(14)7-9)10-3-4-11(15)13(6-10)18(19)20/h2-8H,1H3. The first-order chi connectivity index (χ1) is 9.54. The van der Waals surface area contributed by atoms with Gasteiger partial charge in [0.2, 0.25) is 5.82 Å². The van der Waals surface area contributed by atoms with Crippen molar-refractivity contribution < 1.29 is 9.31 Å². The summed E-state index contributed by atoms with van der Waals surface area (Å²) in [5.74, 6) is -0.849. The van der Waals surface area contributed by atoms with E-state index in [1.165, 1.54) is 12.1 Å². The van der Waals surface area contributed by atoms with Gasteiger partial charge in [-0.25, -0.2) is 4.98 Å². The van der Waals surface area contributed by atoms with Gasteiger partial charge in [-0.1, -0.05) is 6.07 Å². The zero-order chi connectivity index (χ0) is 14.3. The molecule has 5 nitrogen and oxygen atoms in total. The highest BCUT2D eigenvalue weighted by Crippen LogP contribution is 2.26. The number of pyridine rings is 1. The maximum Gasteiger partial charge on any atom is 0.305 e. The number of fused-ring (bicyclic) bond motifs is 1. The molecule has 0 aliphatic heterocycles. The average molecular weight is 271 g/mol. The summed E-state index contributed by atoms with van der Waals surface area (Å²) < 4.78 is 15.2. The number of nitrogens with zero attached hydrogens (tertiary/aromatic N) is 3. The Bertz CT molecular complexity index is 826. The lowest BCUT2D eigenvalue weighted by Crippen LogP contribution is -1.92. The SMILES string of the molecule is Cc1ccc2nc(-c3ccc(F)c([N+](=O)[O-])c3)cn2c1. The molecule has 1 aromatic carbocycles. The van der Waals surface area contributed by atoms with E-state index in [0.717, 1.165) is 17.3 Å². The highest BCUT2D eigenvalue weighted by atomic mass is 19.1. The van der Waals surface area contributed by atoms with E-state index < -0.39 is 16.4 Å². The monoisotopic (exact) mass is 271 g/mol. The quantitative estimate of drug-likeness (QED) is 0.530. The zero-order valence-electron chi connectivity index (χ0n) is 10.6. The number of imidazole rings is 1. The number of halogens is 1. The van der Waals surface area contributed by atoms with Crippen molar-refractivity contribution in [2.45, 2.75) is 6.92 Å². The number of nitro benzene ring substituents is 1. The summed E-state index contributed by atoms with van der Waals surface area (Å²) in [7, 11) is 0. The lowest BCUT2D eigenvalue weighted by atomic mass is 10.1. The Morgan fingerprint density at radius 1 is 1.25 bits per heavy atom. The highest BCUT2D eigenvalue weighted by molar-refractivity contribution is 5.65. The van der Waals surface area contributed by atoms with Crippen LogP contribution in [-0.2, 0) is 0 Å². The number of aromatic nitrogens is 2. The molecule has 0 amide bonds. The second-order valence-electron chi connectivity index (χ2n) is 4.52. The smallest absolute Gasteiger partial charge is 0.305 e. The first-order valence-electron chi connectivity index (χ1n) is 5.94. The fourth-order valence-corrected chi connectivity index (χ4v) is 2.05. The summed E-state index contributed by atoms with van der Waals surface area (Å²) in [4.78, 5) is 14.4. The topological polar surface area (TPSA) is 60.4 Å². The molecule has 100 valence electrons. The summed E-state index contributed by atoms with van der Waals surface area (Å²) in [5, 5.41) is 10.8. The number of aryl methyl sites for hydroxylation is 1. The predicted octanol–water partition coefficient (Wildman–Crippen LogP) is 3.36. The Kier molecular flexibility index (Phi) is 2.71. The van der Waals surface area contributed by atoms with Crippen LogP contribution in [0.1, 0.15) is 5.56 Å². The predicted molar refractivity (Wildman–Crippen MR) is 72.0 cm³/mol. The number of nitro groups is 1. The maximum atomic E-state index is 13.3. The molecule has 0 N–H and O–H groups in total. The van der Waals surface area contributed by atoms with Crippen LogP contribution in [0.5, 0.6) is 0 Å². The summed E-state index contributed by atoms with van der Waals surface area (Å²) in [5.41, 5.74) is 2.35. The van der Waals surface area contributed by atoms with Gasteiger partial charge in [0, 0.05) is 24.0 Å². The molecule has 20 heavy (non-hydrogen) atoms. The van der Waals surface area contributed by atoms with E-state index >= 15 is 0 Å². The van der Waals surface area contributed by atoms with Gasteiger partial charge in [0.1, 0.15) is 5.65 Å². The molecule has 0 atom stereocenters. The van der Waals surface area contributed by atoms with Crippen molar-refractivity contribution in [1.82, 2.24) is 9.38 Å². The molecular weight excluding hydrogens is 261 g/mol. The molecule has 0 aliphatic carbocycles. The fourth-order valence-electron chi connectivity index (χ4n) is 2.05. The summed E-state index contributed by atoms with van der Waals surface area (Å²) >= 11 is 0. The molecule has 3 aromatic rings. The van der Waals surface area contributed by atoms with Gasteiger partial charge in [0.05, 0.1) is 10.6 Å². The van der Waals surface area contributed by atoms with Crippen molar-refractivity contribution in [3.8, 4) is 11.3 Å². The van der Waals surface area contributed by atoms with E-state index in [2.05, 4.69) is 4.98 Å². The molecular formula is C14H10FN3O2. The van der Waals surface area contributed by atoms with E-state index in [0.29, 0.717) is 11.3 Å². The third-order valence-electron chi connectivity index (χ3n) is 3.04. The van der Waals surface area contributed by atoms with Crippen LogP contribution in [0, 0.1) is 22.9 Å². The third kappa shape index (κ3) is 2.01. The largest absolute Gasteiger partial charge is 0.306 e. The molecule has 2 heterocycles. The van der Waals surface area contributed by atoms with Crippen LogP contribution >= 0.6 is 0 Å². The molecule has 0 aliphatic rings. The van der Waals surface area contributed by atoms with Gasteiger partial charge in [0.15, 0.2) is 0 Å². The normalized spacial score (nSPS) is 10.9. The Labute approximate surface area is 113 Å². The van der Waals surface area contributed by atoms with Crippen LogP contribution in [0.4, 0.5) is 10.1 Å². The number of benzene rings is 1. The van der Waals surface area contributed by atoms with E-state index in [1.54, 1.807) is 6.20 Å². The van der Waals surface area contributed by atoms with Crippen LogP contribution in [-0.4, -0.2) is 14.3 Å². The van der Waals surface area contributed by atoms with Crippen LogP contribution in [0.25, 0.3) is 16.9 Å². The number of hydrogen-bond donors (Lipinski definition) is 0. The van der Waals surface area contributed by atoms with E-state index in [9.17, 15) is 14.5 Å². The molecule has 0 saturated heterocycles. The maximum absolute atomic E-state index is 13.3. The minimum Gasteiger partial charge on any atom is -0.306 e. The molecule has 0 radical (unpaired) electrons. The summed E-state index contributed by atoms with van der Waals surface area (Å²) in [6.45, 7) is 1.96. The lowest BCUT2D eigenvalue weighted by molar-refractivity contribution is -0.387. The Morgan fingerprint density at radius 2 is 2.05 bits per heavy atom. The van der Waals surface area contributed by atoms with E-state index in [1.807, 2.05) is 29.7 Å². The van der Waals surface area contributed by atoms with E-state index in [-0.39, 0.29) is 0 Å². The number of rotatable bonds is 2. The van der Waals surface area contributed by atoms with Gasteiger partial charge >= 0.3 is 5.69 Å². The first kappa shape index (κ1) is 12.3. The molecule has 0 fully saturated rings. The minimum absolute atomic E-state index is 0.513. The summed E-state index contributed by atoms with van der Waals surface area (Å²) in [6, 6.07) is 7.56. The number of hydrogen-bond acceptors (Lipinski definition) is 3. The average Bonchev–Trinajstić information content (AvgIpc) is 2.81. The molecule has 0 saturated carbocycles. The summed E-state index contributed by atoms with van der Waals surface area (Å²) in [6.07, 6.45) is 3.67. The molecule has 0 spiro atoms. The van der Waals surface area contributed by atoms with Crippen molar-refractivity contribution in [2.24, 2.45) is 0 Å². The second kappa shape index (κ2) is 4.41. The Morgan fingerprint density at radius 3 is 2.80 bits per heavy atom. The van der Waals surface area contributed by atoms with Gasteiger partial charge in [-0.3, -0.25) is 10.1 Å². The zero-order valence-corrected chi connectivity index (χ0v) is 10.6. The van der Waals surface area contributed by atoms with Gasteiger partial charge in [0.25, 0.3) is 0 Å². The van der Waals surface area contributed by atoms with Crippen molar-refractivity contribution >= 4 is 11.3 Å². The van der Waals surface area contributed by atoms with Gasteiger partial charge in [-0.05, 0) is 30.7 Å². The van der Waals surface area contributed by atoms with Crippen molar-refractivity contribution in [2.75, 3.05) is 0 Å². The molecule has 0 bridgehead atoms. The highest BCUT2D eigenvalue weighted by Gasteiger charge is 2.16. The Hall–Kier alpha value is -2.76. The minimum atomic E-state index is -0.849. The van der Waals surface area contributed by atoms with Gasteiger partial charge in [-0.15, -0.1) is 0 Å². The van der Waals surface area contributed by atoms with Crippen LogP contribution in [0.3, 0.4) is 0 Å². The van der Waals surface area contributed by atoms with Crippen LogP contribution in [0.2, 0.25) is 0 Å².